The van der Waals surface area contributed by atoms with Crippen LogP contribution in [0.25, 0.3) is 0 Å². The van der Waals surface area contributed by atoms with E-state index in [4.69, 9.17) is 25.9 Å². The van der Waals surface area contributed by atoms with Gasteiger partial charge in [0.05, 0.1) is 0 Å². The summed E-state index contributed by atoms with van der Waals surface area (Å²) in [6.45, 7) is 0. The van der Waals surface area contributed by atoms with E-state index in [0.717, 1.165) is 0 Å². The molecule has 3 N–H and O–H groups in total. The summed E-state index contributed by atoms with van der Waals surface area (Å²) >= 11 is -2.00. The van der Waals surface area contributed by atoms with E-state index in [0.29, 0.717) is 0 Å². The van der Waals surface area contributed by atoms with Crippen molar-refractivity contribution in [2.75, 3.05) is 0 Å². The van der Waals surface area contributed by atoms with Crippen LogP contribution in [0.15, 0.2) is 0 Å². The minimum absolute atomic E-state index is 0. The van der Waals surface area contributed by atoms with E-state index in [1.54, 1.807) is 0 Å². The predicted octanol–water partition coefficient (Wildman–Crippen LogP) is -1.82. The monoisotopic (exact) mass is 242 g/mol. The molecule has 0 aliphatic rings. The summed E-state index contributed by atoms with van der Waals surface area (Å²) < 4.78 is 25.9. The van der Waals surface area contributed by atoms with Crippen molar-refractivity contribution in [3.63, 3.8) is 0 Å². The summed E-state index contributed by atoms with van der Waals surface area (Å²) in [6.07, 6.45) is 0. The molecule has 10 heavy (non-hydrogen) atoms. The van der Waals surface area contributed by atoms with Gasteiger partial charge in [-0.2, -0.15) is 0 Å². The van der Waals surface area contributed by atoms with E-state index < -0.39 is 26.9 Å². The second-order valence-corrected chi connectivity index (χ2v) is 1.88. The molecule has 0 amide bonds. The second kappa shape index (κ2) is 13.2. The van der Waals surface area contributed by atoms with Gasteiger partial charge in [0.1, 0.15) is 0 Å². The first-order valence-electron chi connectivity index (χ1n) is 1.19. The molecule has 0 aromatic rings. The predicted molar refractivity (Wildman–Crippen MR) is 22.8 cm³/mol. The fraction of sp³-hybridized carbons (Fsp3) is 0. The standard InChI is InChI=1S/Fe.Li.H3O4P.2O.Ti.H/c;;1-5(2,3)4;;;;/h;;(H3,1,2,3,4);;;;. The van der Waals surface area contributed by atoms with Gasteiger partial charge in [-0.3, -0.25) is 0 Å². The van der Waals surface area contributed by atoms with Crippen LogP contribution in [0.2, 0.25) is 0 Å². The Morgan fingerprint density at radius 2 is 1.10 bits per heavy atom. The number of phosphoric acid groups is 1. The Hall–Kier alpha value is 1.54. The minimum atomic E-state index is -4.64. The van der Waals surface area contributed by atoms with Crippen molar-refractivity contribution in [2.45, 2.75) is 0 Å². The summed E-state index contributed by atoms with van der Waals surface area (Å²) in [7, 11) is -4.64. The van der Waals surface area contributed by atoms with Crippen LogP contribution >= 0.6 is 7.82 Å². The van der Waals surface area contributed by atoms with Gasteiger partial charge in [-0.25, -0.2) is 4.57 Å². The van der Waals surface area contributed by atoms with E-state index in [1.807, 2.05) is 0 Å². The Morgan fingerprint density at radius 1 is 1.10 bits per heavy atom. The van der Waals surface area contributed by atoms with Gasteiger partial charge in [0, 0.05) is 17.1 Å². The number of hydrogen-bond acceptors (Lipinski definition) is 3. The Labute approximate surface area is 88.2 Å². The molecule has 0 spiro atoms. The van der Waals surface area contributed by atoms with Gasteiger partial charge < -0.3 is 14.7 Å². The van der Waals surface area contributed by atoms with Crippen molar-refractivity contribution >= 4 is 26.7 Å². The fourth-order valence-corrected chi connectivity index (χ4v) is 0. The molecule has 0 aliphatic carbocycles. The Morgan fingerprint density at radius 3 is 1.10 bits per heavy atom. The molecule has 6 nitrogen and oxygen atoms in total. The Bertz CT molecular complexity index is 115. The van der Waals surface area contributed by atoms with Gasteiger partial charge in [-0.15, -0.1) is 0 Å². The molecule has 0 heterocycles. The van der Waals surface area contributed by atoms with Crippen molar-refractivity contribution in [2.24, 2.45) is 0 Å². The third-order valence-electron chi connectivity index (χ3n) is 0. The Kier molecular flexibility index (Phi) is 29.7. The van der Waals surface area contributed by atoms with Crippen LogP contribution in [0, 0.1) is 0 Å². The van der Waals surface area contributed by atoms with Crippen LogP contribution in [0.5, 0.6) is 0 Å². The molecule has 0 rings (SSSR count). The SMILES string of the molecule is O=P(O)(O)O.[Fe].[LiH].[O]=[Ti]=[O]. The fourth-order valence-electron chi connectivity index (χ4n) is 0. The van der Waals surface area contributed by atoms with Crippen LogP contribution in [-0.4, -0.2) is 33.5 Å². The van der Waals surface area contributed by atoms with E-state index in [-0.39, 0.29) is 35.9 Å². The first-order valence-corrected chi connectivity index (χ1v) is 4.03. The van der Waals surface area contributed by atoms with Gasteiger partial charge in [0.25, 0.3) is 0 Å². The zero-order valence-corrected chi connectivity index (χ0v) is 7.43. The molecule has 58 valence electrons. The number of rotatable bonds is 0. The van der Waals surface area contributed by atoms with Crippen LogP contribution in [-0.2, 0) is 47.4 Å². The quantitative estimate of drug-likeness (QED) is 0.340. The molecular formula is H4FeLiO6PTi. The van der Waals surface area contributed by atoms with E-state index in [1.165, 1.54) is 0 Å². The van der Waals surface area contributed by atoms with Gasteiger partial charge in [0.15, 0.2) is 0 Å². The molecule has 0 atom stereocenters. The van der Waals surface area contributed by atoms with E-state index >= 15 is 0 Å². The summed E-state index contributed by atoms with van der Waals surface area (Å²) in [5, 5.41) is 0. The molecule has 0 radical (unpaired) electrons. The summed E-state index contributed by atoms with van der Waals surface area (Å²) in [5.41, 5.74) is 0. The molecule has 0 bridgehead atoms. The zero-order valence-electron chi connectivity index (χ0n) is 3.87. The molecule has 0 aromatic heterocycles. The van der Waals surface area contributed by atoms with Crippen LogP contribution in [0.1, 0.15) is 0 Å². The molecular weight excluding hydrogens is 238 g/mol. The van der Waals surface area contributed by atoms with Crippen molar-refractivity contribution in [3.8, 4) is 0 Å². The third kappa shape index (κ3) is 293. The van der Waals surface area contributed by atoms with Crippen LogP contribution in [0.3, 0.4) is 0 Å². The first-order chi connectivity index (χ1) is 3.41. The average molecular weight is 242 g/mol. The molecule has 0 aliphatic heterocycles. The maximum atomic E-state index is 8.88. The van der Waals surface area contributed by atoms with Gasteiger partial charge in [-0.1, -0.05) is 0 Å². The van der Waals surface area contributed by atoms with Crippen molar-refractivity contribution in [1.29, 1.82) is 0 Å². The second-order valence-electron chi connectivity index (χ2n) is 0.597. The van der Waals surface area contributed by atoms with E-state index in [9.17, 15) is 0 Å². The van der Waals surface area contributed by atoms with Crippen molar-refractivity contribution in [3.05, 3.63) is 0 Å². The summed E-state index contributed by atoms with van der Waals surface area (Å²) in [5.74, 6) is 0. The number of hydrogen-bond donors (Lipinski definition) is 3. The van der Waals surface area contributed by atoms with Gasteiger partial charge in [-0.05, 0) is 0 Å². The van der Waals surface area contributed by atoms with Crippen LogP contribution < -0.4 is 0 Å². The molecule has 10 heteroatoms. The van der Waals surface area contributed by atoms with Crippen LogP contribution in [0.4, 0.5) is 0 Å². The van der Waals surface area contributed by atoms with Crippen molar-refractivity contribution < 1.29 is 62.1 Å². The Balaban J connectivity index is -0.0000000326. The van der Waals surface area contributed by atoms with Gasteiger partial charge in [0.2, 0.25) is 0 Å². The molecule has 0 unspecified atom stereocenters. The molecule has 0 saturated heterocycles. The maximum absolute atomic E-state index is 8.88. The van der Waals surface area contributed by atoms with E-state index in [2.05, 4.69) is 0 Å². The first kappa shape index (κ1) is 22.6. The molecule has 0 fully saturated rings. The zero-order chi connectivity index (χ0) is 7.21. The third-order valence-corrected chi connectivity index (χ3v) is 0. The average Bonchev–Trinajstić information content (AvgIpc) is 1.27. The summed E-state index contributed by atoms with van der Waals surface area (Å²) in [4.78, 5) is 21.6. The normalized spacial score (nSPS) is 6.70. The topological polar surface area (TPSA) is 112 Å². The molecule has 0 saturated carbocycles. The summed E-state index contributed by atoms with van der Waals surface area (Å²) in [6, 6.07) is 0. The van der Waals surface area contributed by atoms with Gasteiger partial charge >= 0.3 is 52.4 Å². The van der Waals surface area contributed by atoms with Crippen molar-refractivity contribution in [1.82, 2.24) is 0 Å². The molecule has 0 aromatic carbocycles.